The van der Waals surface area contributed by atoms with Gasteiger partial charge in [0.15, 0.2) is 0 Å². The number of hydrogen-bond acceptors (Lipinski definition) is 1. The van der Waals surface area contributed by atoms with Crippen molar-refractivity contribution in [3.8, 4) is 17.4 Å². The summed E-state index contributed by atoms with van der Waals surface area (Å²) in [5.41, 5.74) is 13.4. The maximum atomic E-state index is 9.83. The van der Waals surface area contributed by atoms with Crippen LogP contribution in [0, 0.1) is 11.3 Å². The number of hydrogen-bond donors (Lipinski definition) is 0. The molecule has 53 heavy (non-hydrogen) atoms. The Balaban J connectivity index is 1.16. The molecule has 0 spiro atoms. The van der Waals surface area contributed by atoms with Crippen LogP contribution in [0.25, 0.3) is 66.1 Å². The summed E-state index contributed by atoms with van der Waals surface area (Å²) in [6.45, 7) is 2.37. The van der Waals surface area contributed by atoms with Crippen molar-refractivity contribution >= 4 is 54.8 Å². The highest BCUT2D eigenvalue weighted by atomic mass is 15.0. The van der Waals surface area contributed by atoms with E-state index in [1.54, 1.807) is 0 Å². The predicted octanol–water partition coefficient (Wildman–Crippen LogP) is 12.6. The third kappa shape index (κ3) is 5.03. The van der Waals surface area contributed by atoms with E-state index in [9.17, 15) is 5.26 Å². The van der Waals surface area contributed by atoms with Crippen molar-refractivity contribution in [2.45, 2.75) is 18.8 Å². The Morgan fingerprint density at radius 1 is 0.509 bits per heavy atom. The second-order valence-electron chi connectivity index (χ2n) is 14.4. The number of nitrogens with zero attached hydrogens (tertiary/aromatic N) is 3. The van der Waals surface area contributed by atoms with Gasteiger partial charge in [-0.25, -0.2) is 0 Å². The lowest BCUT2D eigenvalue weighted by molar-refractivity contribution is 0.612. The summed E-state index contributed by atoms with van der Waals surface area (Å²) in [6, 6.07) is 63.0. The van der Waals surface area contributed by atoms with Crippen LogP contribution in [-0.2, 0) is 5.41 Å². The van der Waals surface area contributed by atoms with Gasteiger partial charge in [-0.1, -0.05) is 116 Å². The Kier molecular flexibility index (Phi) is 7.06. The van der Waals surface area contributed by atoms with Gasteiger partial charge in [0.2, 0.25) is 0 Å². The van der Waals surface area contributed by atoms with Crippen molar-refractivity contribution in [3.63, 3.8) is 0 Å². The quantitative estimate of drug-likeness (QED) is 0.178. The number of allylic oxidation sites excluding steroid dienone is 4. The van der Waals surface area contributed by atoms with Crippen molar-refractivity contribution in [1.82, 2.24) is 9.13 Å². The summed E-state index contributed by atoms with van der Waals surface area (Å²) in [7, 11) is 0. The molecule has 1 atom stereocenters. The topological polar surface area (TPSA) is 33.6 Å². The summed E-state index contributed by atoms with van der Waals surface area (Å²) in [4.78, 5) is 0. The van der Waals surface area contributed by atoms with Gasteiger partial charge in [0.25, 0.3) is 0 Å². The van der Waals surface area contributed by atoms with Crippen molar-refractivity contribution in [3.05, 3.63) is 204 Å². The normalized spacial score (nSPS) is 15.8. The number of rotatable bonds is 5. The Morgan fingerprint density at radius 2 is 1.08 bits per heavy atom. The van der Waals surface area contributed by atoms with Crippen LogP contribution >= 0.6 is 0 Å². The number of fused-ring (bicyclic) bond motifs is 6. The number of para-hydroxylation sites is 4. The standard InChI is InChI=1S/C50H35N3/c1-50(39-24-26-49-45(30-39)43-20-9-11-22-47(43)53(49)41-17-6-3-7-18-41)31-37(35-14-12-13-34(27-35)33-51)28-38(32-50)36-23-25-48-44(29-36)42-19-8-10-21-46(42)52(48)40-15-4-2-5-16-40/h2-31H,32H2,1H3. The lowest BCUT2D eigenvalue weighted by Gasteiger charge is -2.33. The number of aromatic nitrogens is 2. The van der Waals surface area contributed by atoms with Crippen molar-refractivity contribution in [2.75, 3.05) is 0 Å². The van der Waals surface area contributed by atoms with Crippen LogP contribution in [0.2, 0.25) is 0 Å². The highest BCUT2D eigenvalue weighted by Crippen LogP contribution is 2.46. The van der Waals surface area contributed by atoms with E-state index in [0.29, 0.717) is 5.56 Å². The van der Waals surface area contributed by atoms with Gasteiger partial charge in [-0.2, -0.15) is 5.26 Å². The van der Waals surface area contributed by atoms with E-state index in [2.05, 4.69) is 186 Å². The van der Waals surface area contributed by atoms with E-state index in [4.69, 9.17) is 0 Å². The van der Waals surface area contributed by atoms with Gasteiger partial charge in [-0.15, -0.1) is 0 Å². The molecule has 9 aromatic rings. The smallest absolute Gasteiger partial charge is 0.0991 e. The molecule has 0 radical (unpaired) electrons. The summed E-state index contributed by atoms with van der Waals surface area (Å²) in [5, 5.41) is 14.8. The first kappa shape index (κ1) is 30.9. The Bertz CT molecular complexity index is 2990. The molecular weight excluding hydrogens is 643 g/mol. The lowest BCUT2D eigenvalue weighted by Crippen LogP contribution is -2.22. The van der Waals surface area contributed by atoms with Crippen LogP contribution in [0.3, 0.4) is 0 Å². The molecule has 3 nitrogen and oxygen atoms in total. The molecule has 0 aliphatic heterocycles. The van der Waals surface area contributed by atoms with Gasteiger partial charge in [-0.3, -0.25) is 0 Å². The zero-order chi connectivity index (χ0) is 35.5. The molecule has 1 unspecified atom stereocenters. The van der Waals surface area contributed by atoms with E-state index < -0.39 is 0 Å². The zero-order valence-corrected chi connectivity index (χ0v) is 29.4. The summed E-state index contributed by atoms with van der Waals surface area (Å²) >= 11 is 0. The first-order valence-corrected chi connectivity index (χ1v) is 18.2. The average Bonchev–Trinajstić information content (AvgIpc) is 3.73. The summed E-state index contributed by atoms with van der Waals surface area (Å²) in [5.74, 6) is 0. The fourth-order valence-electron chi connectivity index (χ4n) is 8.59. The monoisotopic (exact) mass is 677 g/mol. The molecule has 1 aliphatic carbocycles. The first-order chi connectivity index (χ1) is 26.1. The Hall–Kier alpha value is -6.89. The first-order valence-electron chi connectivity index (χ1n) is 18.2. The molecule has 0 saturated heterocycles. The number of benzene rings is 7. The molecule has 0 fully saturated rings. The fraction of sp³-hybridized carbons (Fsp3) is 0.0600. The van der Waals surface area contributed by atoms with E-state index in [1.807, 2.05) is 18.2 Å². The molecule has 0 saturated carbocycles. The largest absolute Gasteiger partial charge is 0.309 e. The molecule has 1 aliphatic rings. The minimum absolute atomic E-state index is 0.320. The van der Waals surface area contributed by atoms with E-state index >= 15 is 0 Å². The van der Waals surface area contributed by atoms with Crippen LogP contribution in [0.4, 0.5) is 0 Å². The third-order valence-corrected chi connectivity index (χ3v) is 11.1. The van der Waals surface area contributed by atoms with Gasteiger partial charge in [0, 0.05) is 38.3 Å². The molecule has 0 amide bonds. The Labute approximate surface area is 308 Å². The van der Waals surface area contributed by atoms with Crippen molar-refractivity contribution in [1.29, 1.82) is 5.26 Å². The van der Waals surface area contributed by atoms with Crippen LogP contribution in [0.1, 0.15) is 35.6 Å². The maximum absolute atomic E-state index is 9.83. The molecule has 7 aromatic carbocycles. The Morgan fingerprint density at radius 3 is 1.72 bits per heavy atom. The van der Waals surface area contributed by atoms with E-state index in [1.165, 1.54) is 60.3 Å². The lowest BCUT2D eigenvalue weighted by atomic mass is 9.70. The predicted molar refractivity (Wildman–Crippen MR) is 221 cm³/mol. The molecule has 10 rings (SSSR count). The molecule has 0 bridgehead atoms. The van der Waals surface area contributed by atoms with Crippen LogP contribution in [0.15, 0.2) is 182 Å². The minimum atomic E-state index is -0.320. The van der Waals surface area contributed by atoms with Gasteiger partial charge in [0.05, 0.1) is 33.7 Å². The van der Waals surface area contributed by atoms with Gasteiger partial charge < -0.3 is 9.13 Å². The van der Waals surface area contributed by atoms with E-state index in [0.717, 1.165) is 28.9 Å². The second kappa shape index (κ2) is 12.1. The summed E-state index contributed by atoms with van der Waals surface area (Å²) < 4.78 is 4.74. The van der Waals surface area contributed by atoms with Crippen LogP contribution in [0.5, 0.6) is 0 Å². The second-order valence-corrected chi connectivity index (χ2v) is 14.4. The molecule has 3 heteroatoms. The van der Waals surface area contributed by atoms with Gasteiger partial charge in [0.1, 0.15) is 0 Å². The van der Waals surface area contributed by atoms with Crippen LogP contribution < -0.4 is 0 Å². The van der Waals surface area contributed by atoms with E-state index in [-0.39, 0.29) is 5.41 Å². The average molecular weight is 678 g/mol. The SMILES string of the molecule is CC1(c2ccc3c(c2)c2ccccc2n3-c2ccccc2)C=C(c2cccc(C#N)c2)C=C(c2ccc3c(c2)c2ccccc2n3-c2ccccc2)C1. The zero-order valence-electron chi connectivity index (χ0n) is 29.4. The van der Waals surface area contributed by atoms with Crippen molar-refractivity contribution in [2.24, 2.45) is 0 Å². The molecule has 0 N–H and O–H groups in total. The van der Waals surface area contributed by atoms with Gasteiger partial charge >= 0.3 is 0 Å². The van der Waals surface area contributed by atoms with Crippen molar-refractivity contribution < 1.29 is 0 Å². The minimum Gasteiger partial charge on any atom is -0.309 e. The summed E-state index contributed by atoms with van der Waals surface area (Å²) in [6.07, 6.45) is 5.60. The molecule has 2 heterocycles. The third-order valence-electron chi connectivity index (χ3n) is 11.1. The number of nitriles is 1. The molecule has 2 aromatic heterocycles. The van der Waals surface area contributed by atoms with Crippen LogP contribution in [-0.4, -0.2) is 9.13 Å². The molecule has 250 valence electrons. The highest BCUT2D eigenvalue weighted by Gasteiger charge is 2.31. The molecular formula is C50H35N3. The fourth-order valence-corrected chi connectivity index (χ4v) is 8.59. The van der Waals surface area contributed by atoms with Gasteiger partial charge in [-0.05, 0) is 107 Å². The highest BCUT2D eigenvalue weighted by molar-refractivity contribution is 6.11. The maximum Gasteiger partial charge on any atom is 0.0991 e.